The van der Waals surface area contributed by atoms with Gasteiger partial charge in [-0.05, 0) is 54.8 Å². The summed E-state index contributed by atoms with van der Waals surface area (Å²) in [6.45, 7) is 3.88. The third-order valence-corrected chi connectivity index (χ3v) is 4.44. The molecule has 0 spiro atoms. The lowest BCUT2D eigenvalue weighted by molar-refractivity contribution is -0.141. The van der Waals surface area contributed by atoms with Crippen LogP contribution in [0.4, 0.5) is 30.6 Å². The molecule has 3 rings (SSSR count). The quantitative estimate of drug-likeness (QED) is 0.513. The molecule has 0 aliphatic rings. The zero-order valence-corrected chi connectivity index (χ0v) is 16.5. The van der Waals surface area contributed by atoms with Crippen LogP contribution in [0.25, 0.3) is 11.1 Å². The fourth-order valence-electron chi connectivity index (χ4n) is 2.86. The summed E-state index contributed by atoms with van der Waals surface area (Å²) in [5.74, 6) is 0.525. The number of nitrogens with one attached hydrogen (secondary N) is 2. The van der Waals surface area contributed by atoms with Gasteiger partial charge in [0.15, 0.2) is 0 Å². The molecule has 0 saturated heterocycles. The molecule has 1 unspecified atom stereocenters. The molecule has 30 heavy (non-hydrogen) atoms. The van der Waals surface area contributed by atoms with Crippen molar-refractivity contribution in [1.29, 1.82) is 0 Å². The van der Waals surface area contributed by atoms with Gasteiger partial charge in [0.25, 0.3) is 0 Å². The Balaban J connectivity index is 1.82. The topological polar surface area (TPSA) is 83.0 Å². The van der Waals surface area contributed by atoms with Gasteiger partial charge in [0.1, 0.15) is 11.5 Å². The first kappa shape index (κ1) is 21.5. The fourth-order valence-corrected chi connectivity index (χ4v) is 2.86. The van der Waals surface area contributed by atoms with Crippen molar-refractivity contribution in [2.24, 2.45) is 0 Å². The van der Waals surface area contributed by atoms with E-state index in [1.165, 1.54) is 0 Å². The molecule has 0 fully saturated rings. The summed E-state index contributed by atoms with van der Waals surface area (Å²) in [4.78, 5) is 11.8. The molecule has 1 atom stereocenters. The lowest BCUT2D eigenvalue weighted by Gasteiger charge is -2.15. The number of benzene rings is 1. The predicted molar refractivity (Wildman–Crippen MR) is 110 cm³/mol. The van der Waals surface area contributed by atoms with Gasteiger partial charge in [-0.1, -0.05) is 13.0 Å². The number of nitrogens with zero attached hydrogens (tertiary/aromatic N) is 3. The number of rotatable bonds is 7. The maximum Gasteiger partial charge on any atom is 0.433 e. The van der Waals surface area contributed by atoms with Crippen molar-refractivity contribution in [3.63, 3.8) is 0 Å². The third-order valence-electron chi connectivity index (χ3n) is 4.44. The second-order valence-electron chi connectivity index (χ2n) is 6.84. The van der Waals surface area contributed by atoms with Crippen LogP contribution in [-0.4, -0.2) is 32.7 Å². The summed E-state index contributed by atoms with van der Waals surface area (Å²) < 4.78 is 38.6. The first-order chi connectivity index (χ1) is 14.3. The van der Waals surface area contributed by atoms with E-state index < -0.39 is 11.9 Å². The molecule has 0 bridgehead atoms. The Labute approximate surface area is 172 Å². The van der Waals surface area contributed by atoms with Crippen LogP contribution in [-0.2, 0) is 6.18 Å². The first-order valence-corrected chi connectivity index (χ1v) is 9.41. The Morgan fingerprint density at radius 2 is 1.87 bits per heavy atom. The molecule has 2 heterocycles. The maximum atomic E-state index is 12.9. The SMILES string of the molecule is CCC(CO)Nc1ccc(-c2cc(C)cc(Nc3nccc(C(F)(F)F)n3)c2)cn1. The standard InChI is InChI=1S/C21H22F3N5O/c1-3-16(12-30)27-19-5-4-14(11-26-19)15-8-13(2)9-17(10-15)28-20-25-7-6-18(29-20)21(22,23)24/h4-11,16,30H,3,12H2,1-2H3,(H,26,27)(H,25,28,29). The van der Waals surface area contributed by atoms with Crippen molar-refractivity contribution in [1.82, 2.24) is 15.0 Å². The van der Waals surface area contributed by atoms with Gasteiger partial charge in [-0.2, -0.15) is 13.2 Å². The van der Waals surface area contributed by atoms with Crippen LogP contribution in [0.3, 0.4) is 0 Å². The highest BCUT2D eigenvalue weighted by Gasteiger charge is 2.32. The number of aromatic nitrogens is 3. The van der Waals surface area contributed by atoms with Crippen LogP contribution in [0, 0.1) is 6.92 Å². The van der Waals surface area contributed by atoms with E-state index in [1.807, 2.05) is 32.0 Å². The van der Waals surface area contributed by atoms with E-state index >= 15 is 0 Å². The van der Waals surface area contributed by atoms with Crippen LogP contribution in [0.15, 0.2) is 48.8 Å². The van der Waals surface area contributed by atoms with Crippen molar-refractivity contribution in [2.45, 2.75) is 32.5 Å². The van der Waals surface area contributed by atoms with E-state index in [1.54, 1.807) is 18.3 Å². The van der Waals surface area contributed by atoms with Crippen LogP contribution < -0.4 is 10.6 Å². The summed E-state index contributed by atoms with van der Waals surface area (Å²) >= 11 is 0. The maximum absolute atomic E-state index is 12.9. The number of alkyl halides is 3. The van der Waals surface area contributed by atoms with Gasteiger partial charge in [0.2, 0.25) is 5.95 Å². The molecule has 3 N–H and O–H groups in total. The molecule has 0 amide bonds. The number of aryl methyl sites for hydroxylation is 1. The largest absolute Gasteiger partial charge is 0.433 e. The Hall–Kier alpha value is -3.20. The monoisotopic (exact) mass is 417 g/mol. The summed E-state index contributed by atoms with van der Waals surface area (Å²) in [5.41, 5.74) is 2.16. The molecule has 0 aliphatic carbocycles. The molecule has 0 saturated carbocycles. The number of hydrogen-bond donors (Lipinski definition) is 3. The molecule has 9 heteroatoms. The smallest absolute Gasteiger partial charge is 0.394 e. The highest BCUT2D eigenvalue weighted by atomic mass is 19.4. The molecule has 0 aliphatic heterocycles. The van der Waals surface area contributed by atoms with Gasteiger partial charge < -0.3 is 15.7 Å². The number of aliphatic hydroxyl groups is 1. The van der Waals surface area contributed by atoms with Crippen molar-refractivity contribution in [3.8, 4) is 11.1 Å². The first-order valence-electron chi connectivity index (χ1n) is 9.41. The zero-order valence-electron chi connectivity index (χ0n) is 16.5. The Kier molecular flexibility index (Phi) is 6.51. The molecule has 2 aromatic heterocycles. The van der Waals surface area contributed by atoms with E-state index in [0.29, 0.717) is 11.5 Å². The van der Waals surface area contributed by atoms with Gasteiger partial charge in [-0.3, -0.25) is 0 Å². The Bertz CT molecular complexity index is 989. The van der Waals surface area contributed by atoms with Gasteiger partial charge in [-0.25, -0.2) is 15.0 Å². The summed E-state index contributed by atoms with van der Waals surface area (Å²) in [5, 5.41) is 15.3. The van der Waals surface area contributed by atoms with Crippen LogP contribution in [0.5, 0.6) is 0 Å². The van der Waals surface area contributed by atoms with E-state index in [2.05, 4.69) is 25.6 Å². The lowest BCUT2D eigenvalue weighted by atomic mass is 10.0. The average molecular weight is 417 g/mol. The van der Waals surface area contributed by atoms with Gasteiger partial charge >= 0.3 is 6.18 Å². The number of hydrogen-bond acceptors (Lipinski definition) is 6. The van der Waals surface area contributed by atoms with Crippen molar-refractivity contribution in [2.75, 3.05) is 17.2 Å². The van der Waals surface area contributed by atoms with Crippen molar-refractivity contribution in [3.05, 3.63) is 60.0 Å². The molecule has 0 radical (unpaired) electrons. The van der Waals surface area contributed by atoms with Gasteiger partial charge in [-0.15, -0.1) is 0 Å². The normalized spacial score (nSPS) is 12.5. The molecule has 158 valence electrons. The molecular formula is C21H22F3N5O. The second kappa shape index (κ2) is 9.08. The van der Waals surface area contributed by atoms with E-state index in [0.717, 1.165) is 35.4 Å². The van der Waals surface area contributed by atoms with E-state index in [4.69, 9.17) is 0 Å². The molecular weight excluding hydrogens is 395 g/mol. The number of halogens is 3. The average Bonchev–Trinajstić information content (AvgIpc) is 2.71. The minimum absolute atomic E-state index is 0.0183. The van der Waals surface area contributed by atoms with E-state index in [9.17, 15) is 18.3 Å². The second-order valence-corrected chi connectivity index (χ2v) is 6.84. The van der Waals surface area contributed by atoms with Crippen LogP contribution >= 0.6 is 0 Å². The van der Waals surface area contributed by atoms with Crippen molar-refractivity contribution < 1.29 is 18.3 Å². The zero-order chi connectivity index (χ0) is 21.7. The molecule has 3 aromatic rings. The van der Waals surface area contributed by atoms with Gasteiger partial charge in [0, 0.05) is 23.6 Å². The third kappa shape index (κ3) is 5.44. The van der Waals surface area contributed by atoms with Gasteiger partial charge in [0.05, 0.1) is 12.6 Å². The fraction of sp³-hybridized carbons (Fsp3) is 0.286. The van der Waals surface area contributed by atoms with Crippen LogP contribution in [0.2, 0.25) is 0 Å². The molecule has 6 nitrogen and oxygen atoms in total. The molecule has 1 aromatic carbocycles. The highest BCUT2D eigenvalue weighted by Crippen LogP contribution is 2.29. The van der Waals surface area contributed by atoms with Crippen molar-refractivity contribution >= 4 is 17.5 Å². The predicted octanol–water partition coefficient (Wildman–Crippen LogP) is 4.79. The van der Waals surface area contributed by atoms with Crippen LogP contribution in [0.1, 0.15) is 24.6 Å². The Morgan fingerprint density at radius 1 is 1.07 bits per heavy atom. The summed E-state index contributed by atoms with van der Waals surface area (Å²) in [7, 11) is 0. The number of anilines is 3. The minimum atomic E-state index is -4.54. The number of pyridine rings is 1. The summed E-state index contributed by atoms with van der Waals surface area (Å²) in [6, 6.07) is 10.0. The minimum Gasteiger partial charge on any atom is -0.394 e. The summed E-state index contributed by atoms with van der Waals surface area (Å²) in [6.07, 6.45) is -0.998. The Morgan fingerprint density at radius 3 is 2.50 bits per heavy atom. The highest BCUT2D eigenvalue weighted by molar-refractivity contribution is 5.71. The van der Waals surface area contributed by atoms with E-state index in [-0.39, 0.29) is 18.6 Å². The lowest BCUT2D eigenvalue weighted by Crippen LogP contribution is -2.23. The number of aliphatic hydroxyl groups excluding tert-OH is 1.